The van der Waals surface area contributed by atoms with Crippen molar-refractivity contribution in [3.05, 3.63) is 29.6 Å². The summed E-state index contributed by atoms with van der Waals surface area (Å²) in [6.45, 7) is 2.31. The van der Waals surface area contributed by atoms with Gasteiger partial charge in [0.2, 0.25) is 0 Å². The van der Waals surface area contributed by atoms with Crippen LogP contribution in [0.4, 0.5) is 4.39 Å². The van der Waals surface area contributed by atoms with Crippen LogP contribution < -0.4 is 4.74 Å². The van der Waals surface area contributed by atoms with E-state index < -0.39 is 5.82 Å². The van der Waals surface area contributed by atoms with Crippen molar-refractivity contribution in [3.8, 4) is 11.8 Å². The molecule has 0 aromatic heterocycles. The van der Waals surface area contributed by atoms with Crippen LogP contribution in [0.15, 0.2) is 18.2 Å². The summed E-state index contributed by atoms with van der Waals surface area (Å²) in [5, 5.41) is 8.87. The number of ether oxygens (including phenoxy) is 1. The minimum Gasteiger partial charge on any atom is -0.490 e. The summed E-state index contributed by atoms with van der Waals surface area (Å²) >= 11 is 0. The van der Waals surface area contributed by atoms with Crippen LogP contribution in [0.3, 0.4) is 0 Å². The van der Waals surface area contributed by atoms with Crippen molar-refractivity contribution < 1.29 is 9.13 Å². The van der Waals surface area contributed by atoms with Crippen molar-refractivity contribution in [3.63, 3.8) is 0 Å². The van der Waals surface area contributed by atoms with E-state index >= 15 is 0 Å². The van der Waals surface area contributed by atoms with Gasteiger partial charge in [0.15, 0.2) is 0 Å². The van der Waals surface area contributed by atoms with Crippen molar-refractivity contribution in [1.29, 1.82) is 5.26 Å². The first-order valence-corrected chi connectivity index (χ1v) is 11.5. The van der Waals surface area contributed by atoms with Gasteiger partial charge in [0.25, 0.3) is 0 Å². The third kappa shape index (κ3) is 5.97. The van der Waals surface area contributed by atoms with E-state index in [4.69, 9.17) is 10.00 Å². The average molecular weight is 386 g/mol. The SMILES string of the molecule is CC1CCC1.N#Cc1ccc(OC(C2CCCCC2)C2CCCCC2)cc1F. The lowest BCUT2D eigenvalue weighted by atomic mass is 9.75. The maximum Gasteiger partial charge on any atom is 0.144 e. The monoisotopic (exact) mass is 385 g/mol. The van der Waals surface area contributed by atoms with Crippen LogP contribution in [-0.2, 0) is 0 Å². The van der Waals surface area contributed by atoms with Gasteiger partial charge in [-0.1, -0.05) is 64.7 Å². The van der Waals surface area contributed by atoms with Crippen LogP contribution in [-0.4, -0.2) is 6.10 Å². The van der Waals surface area contributed by atoms with Crippen molar-refractivity contribution in [2.24, 2.45) is 17.8 Å². The van der Waals surface area contributed by atoms with Crippen LogP contribution in [0.1, 0.15) is 96.0 Å². The van der Waals surface area contributed by atoms with Crippen molar-refractivity contribution >= 4 is 0 Å². The van der Waals surface area contributed by atoms with E-state index in [0.717, 1.165) is 5.92 Å². The molecule has 0 radical (unpaired) electrons. The fraction of sp³-hybridized carbons (Fsp3) is 0.720. The number of halogens is 1. The van der Waals surface area contributed by atoms with Gasteiger partial charge in [0.05, 0.1) is 5.56 Å². The molecule has 0 aliphatic heterocycles. The Labute approximate surface area is 170 Å². The highest BCUT2D eigenvalue weighted by atomic mass is 19.1. The Morgan fingerprint density at radius 3 is 1.82 bits per heavy atom. The molecule has 0 bridgehead atoms. The van der Waals surface area contributed by atoms with Gasteiger partial charge < -0.3 is 4.74 Å². The summed E-state index contributed by atoms with van der Waals surface area (Å²) < 4.78 is 20.2. The third-order valence-corrected chi connectivity index (χ3v) is 6.96. The minimum atomic E-state index is -0.476. The first-order chi connectivity index (χ1) is 13.7. The highest BCUT2D eigenvalue weighted by Crippen LogP contribution is 2.38. The molecule has 3 saturated carbocycles. The molecular weight excluding hydrogens is 349 g/mol. The summed E-state index contributed by atoms with van der Waals surface area (Å²) in [6, 6.07) is 6.54. The van der Waals surface area contributed by atoms with E-state index in [9.17, 15) is 4.39 Å². The molecule has 1 aromatic rings. The molecular formula is C25H36FNO. The topological polar surface area (TPSA) is 33.0 Å². The molecule has 0 unspecified atom stereocenters. The van der Waals surface area contributed by atoms with Crippen LogP contribution in [0.2, 0.25) is 0 Å². The second-order valence-corrected chi connectivity index (χ2v) is 9.17. The smallest absolute Gasteiger partial charge is 0.144 e. The lowest BCUT2D eigenvalue weighted by Crippen LogP contribution is -2.37. The highest BCUT2D eigenvalue weighted by molar-refractivity contribution is 5.36. The molecule has 1 aromatic carbocycles. The molecule has 2 nitrogen and oxygen atoms in total. The molecule has 3 heteroatoms. The Morgan fingerprint density at radius 1 is 0.893 bits per heavy atom. The molecule has 0 saturated heterocycles. The first-order valence-electron chi connectivity index (χ1n) is 11.5. The number of hydrogen-bond acceptors (Lipinski definition) is 2. The second-order valence-electron chi connectivity index (χ2n) is 9.17. The van der Waals surface area contributed by atoms with E-state index in [0.29, 0.717) is 17.6 Å². The Morgan fingerprint density at radius 2 is 1.43 bits per heavy atom. The predicted molar refractivity (Wildman–Crippen MR) is 112 cm³/mol. The standard InChI is InChI=1S/C20H26FNO.C5H10/c21-19-13-18(12-11-17(19)14-22)23-20(15-7-3-1-4-8-15)16-9-5-2-6-10-16;1-5-3-2-4-5/h11-13,15-16,20H,1-10H2;5H,2-4H2,1H3. The number of nitriles is 1. The summed E-state index contributed by atoms with van der Waals surface area (Å²) in [4.78, 5) is 0. The van der Waals surface area contributed by atoms with Gasteiger partial charge in [0, 0.05) is 6.07 Å². The zero-order valence-corrected chi connectivity index (χ0v) is 17.5. The van der Waals surface area contributed by atoms with Gasteiger partial charge >= 0.3 is 0 Å². The maximum atomic E-state index is 13.9. The Bertz CT molecular complexity index is 618. The fourth-order valence-electron chi connectivity index (χ4n) is 4.93. The number of rotatable bonds is 4. The first kappa shape index (κ1) is 21.2. The lowest BCUT2D eigenvalue weighted by molar-refractivity contribution is 0.0387. The lowest BCUT2D eigenvalue weighted by Gasteiger charge is -2.37. The molecule has 0 N–H and O–H groups in total. The predicted octanol–water partition coefficient (Wildman–Crippen LogP) is 7.41. The number of hydrogen-bond donors (Lipinski definition) is 0. The number of benzene rings is 1. The number of nitrogens with zero attached hydrogens (tertiary/aromatic N) is 1. The van der Waals surface area contributed by atoms with E-state index in [2.05, 4.69) is 6.92 Å². The van der Waals surface area contributed by atoms with E-state index in [1.54, 1.807) is 6.07 Å². The third-order valence-electron chi connectivity index (χ3n) is 6.96. The van der Waals surface area contributed by atoms with Gasteiger partial charge in [-0.05, 0) is 55.6 Å². The van der Waals surface area contributed by atoms with Gasteiger partial charge in [-0.2, -0.15) is 5.26 Å². The van der Waals surface area contributed by atoms with Crippen molar-refractivity contribution in [1.82, 2.24) is 0 Å². The summed E-state index contributed by atoms with van der Waals surface area (Å²) in [5.74, 6) is 2.38. The molecule has 3 aliphatic rings. The van der Waals surface area contributed by atoms with Crippen LogP contribution >= 0.6 is 0 Å². The quantitative estimate of drug-likeness (QED) is 0.540. The van der Waals surface area contributed by atoms with E-state index in [1.165, 1.54) is 95.6 Å². The second kappa shape index (κ2) is 10.8. The van der Waals surface area contributed by atoms with E-state index in [1.807, 2.05) is 6.07 Å². The highest BCUT2D eigenvalue weighted by Gasteiger charge is 2.33. The fourth-order valence-corrected chi connectivity index (χ4v) is 4.93. The minimum absolute atomic E-state index is 0.0873. The maximum absolute atomic E-state index is 13.9. The Balaban J connectivity index is 0.000000391. The summed E-state index contributed by atoms with van der Waals surface area (Å²) in [5.41, 5.74) is 0.0873. The van der Waals surface area contributed by atoms with Crippen LogP contribution in [0, 0.1) is 34.9 Å². The van der Waals surface area contributed by atoms with Crippen molar-refractivity contribution in [2.45, 2.75) is 96.5 Å². The van der Waals surface area contributed by atoms with Gasteiger partial charge in [-0.25, -0.2) is 4.39 Å². The molecule has 0 atom stereocenters. The zero-order valence-electron chi connectivity index (χ0n) is 17.5. The van der Waals surface area contributed by atoms with Gasteiger partial charge in [-0.3, -0.25) is 0 Å². The molecule has 154 valence electrons. The van der Waals surface area contributed by atoms with Crippen molar-refractivity contribution in [2.75, 3.05) is 0 Å². The molecule has 3 aliphatic carbocycles. The summed E-state index contributed by atoms with van der Waals surface area (Å²) in [7, 11) is 0. The zero-order chi connectivity index (χ0) is 19.8. The van der Waals surface area contributed by atoms with Gasteiger partial charge in [0.1, 0.15) is 23.7 Å². The Kier molecular flexibility index (Phi) is 8.19. The summed E-state index contributed by atoms with van der Waals surface area (Å²) in [6.07, 6.45) is 17.4. The Hall–Kier alpha value is -1.56. The van der Waals surface area contributed by atoms with Crippen LogP contribution in [0.25, 0.3) is 0 Å². The molecule has 0 spiro atoms. The normalized spacial score (nSPS) is 21.4. The molecule has 0 heterocycles. The molecule has 3 fully saturated rings. The van der Waals surface area contributed by atoms with Gasteiger partial charge in [-0.15, -0.1) is 0 Å². The molecule has 4 rings (SSSR count). The molecule has 28 heavy (non-hydrogen) atoms. The molecule has 0 amide bonds. The average Bonchev–Trinajstić information content (AvgIpc) is 2.72. The largest absolute Gasteiger partial charge is 0.490 e. The van der Waals surface area contributed by atoms with Crippen LogP contribution in [0.5, 0.6) is 5.75 Å². The van der Waals surface area contributed by atoms with E-state index in [-0.39, 0.29) is 11.7 Å².